The average Bonchev–Trinajstić information content (AvgIpc) is 2.43. The molecule has 1 heterocycles. The van der Waals surface area contributed by atoms with E-state index in [1.165, 1.54) is 12.8 Å². The van der Waals surface area contributed by atoms with Crippen LogP contribution in [0.25, 0.3) is 0 Å². The number of hydrazine groups is 1. The summed E-state index contributed by atoms with van der Waals surface area (Å²) in [6, 6.07) is 2.15. The maximum absolute atomic E-state index is 6.20. The predicted octanol–water partition coefficient (Wildman–Crippen LogP) is 2.88. The van der Waals surface area contributed by atoms with Crippen LogP contribution in [0.5, 0.6) is 0 Å². The number of aryl methyl sites for hydroxylation is 1. The fraction of sp³-hybridized carbons (Fsp3) is 0.688. The summed E-state index contributed by atoms with van der Waals surface area (Å²) in [5, 5.41) is 0. The Morgan fingerprint density at radius 1 is 1.45 bits per heavy atom. The number of rotatable bonds is 5. The number of hydrogen-bond acceptors (Lipinski definition) is 4. The van der Waals surface area contributed by atoms with E-state index in [0.717, 1.165) is 29.9 Å². The summed E-state index contributed by atoms with van der Waals surface area (Å²) in [5.41, 5.74) is 5.06. The van der Waals surface area contributed by atoms with E-state index in [0.29, 0.717) is 6.61 Å². The van der Waals surface area contributed by atoms with Gasteiger partial charge in [-0.3, -0.25) is 16.3 Å². The minimum atomic E-state index is -0.203. The smallest absolute Gasteiger partial charge is 0.0889 e. The van der Waals surface area contributed by atoms with Gasteiger partial charge in [0.1, 0.15) is 0 Å². The van der Waals surface area contributed by atoms with E-state index in [9.17, 15) is 0 Å². The summed E-state index contributed by atoms with van der Waals surface area (Å²) in [4.78, 5) is 4.30. The van der Waals surface area contributed by atoms with E-state index >= 15 is 0 Å². The SMILES string of the molecule is CCOC1(C(NN)c2cncc(C)c2)CCC(C)CC1. The Balaban J connectivity index is 2.30. The van der Waals surface area contributed by atoms with Gasteiger partial charge in [-0.1, -0.05) is 13.0 Å². The van der Waals surface area contributed by atoms with E-state index in [1.807, 2.05) is 12.4 Å². The summed E-state index contributed by atoms with van der Waals surface area (Å²) in [6.45, 7) is 7.14. The molecule has 0 aromatic carbocycles. The van der Waals surface area contributed by atoms with E-state index in [1.54, 1.807) is 0 Å². The lowest BCUT2D eigenvalue weighted by Gasteiger charge is -2.44. The number of ether oxygens (including phenoxy) is 1. The van der Waals surface area contributed by atoms with Gasteiger partial charge in [0.25, 0.3) is 0 Å². The van der Waals surface area contributed by atoms with Crippen LogP contribution in [0.15, 0.2) is 18.5 Å². The van der Waals surface area contributed by atoms with Crippen molar-refractivity contribution in [2.75, 3.05) is 6.61 Å². The number of aromatic nitrogens is 1. The van der Waals surface area contributed by atoms with E-state index in [4.69, 9.17) is 10.6 Å². The molecule has 20 heavy (non-hydrogen) atoms. The van der Waals surface area contributed by atoms with Crippen LogP contribution in [0.1, 0.15) is 56.7 Å². The molecule has 0 saturated heterocycles. The molecule has 1 fully saturated rings. The largest absolute Gasteiger partial charge is 0.373 e. The zero-order valence-electron chi connectivity index (χ0n) is 12.9. The van der Waals surface area contributed by atoms with Crippen LogP contribution in [0.3, 0.4) is 0 Å². The lowest BCUT2D eigenvalue weighted by atomic mass is 9.73. The maximum Gasteiger partial charge on any atom is 0.0889 e. The highest BCUT2D eigenvalue weighted by Gasteiger charge is 2.42. The van der Waals surface area contributed by atoms with Crippen LogP contribution in [0.4, 0.5) is 0 Å². The molecule has 4 heteroatoms. The van der Waals surface area contributed by atoms with Gasteiger partial charge >= 0.3 is 0 Å². The van der Waals surface area contributed by atoms with Crippen molar-refractivity contribution in [3.63, 3.8) is 0 Å². The molecule has 1 aliphatic carbocycles. The quantitative estimate of drug-likeness (QED) is 0.642. The highest BCUT2D eigenvalue weighted by atomic mass is 16.5. The van der Waals surface area contributed by atoms with Gasteiger partial charge in [-0.05, 0) is 56.6 Å². The highest BCUT2D eigenvalue weighted by Crippen LogP contribution is 2.42. The van der Waals surface area contributed by atoms with E-state index < -0.39 is 0 Å². The molecular weight excluding hydrogens is 250 g/mol. The van der Waals surface area contributed by atoms with Crippen molar-refractivity contribution in [2.24, 2.45) is 11.8 Å². The summed E-state index contributed by atoms with van der Waals surface area (Å²) >= 11 is 0. The van der Waals surface area contributed by atoms with Crippen LogP contribution in [-0.2, 0) is 4.74 Å². The molecule has 1 aromatic rings. The first-order chi connectivity index (χ1) is 9.61. The molecule has 1 atom stereocenters. The minimum Gasteiger partial charge on any atom is -0.373 e. The van der Waals surface area contributed by atoms with Crippen molar-refractivity contribution in [3.8, 4) is 0 Å². The summed E-state index contributed by atoms with van der Waals surface area (Å²) in [6.07, 6.45) is 8.24. The first-order valence-corrected chi connectivity index (χ1v) is 7.63. The van der Waals surface area contributed by atoms with Gasteiger partial charge in [0.15, 0.2) is 0 Å². The molecule has 0 amide bonds. The molecule has 0 aliphatic heterocycles. The Hall–Kier alpha value is -0.970. The van der Waals surface area contributed by atoms with E-state index in [2.05, 4.69) is 37.2 Å². The Morgan fingerprint density at radius 2 is 2.15 bits per heavy atom. The monoisotopic (exact) mass is 277 g/mol. The van der Waals surface area contributed by atoms with Crippen molar-refractivity contribution in [3.05, 3.63) is 29.6 Å². The third-order valence-electron chi connectivity index (χ3n) is 4.47. The van der Waals surface area contributed by atoms with Crippen molar-refractivity contribution in [1.82, 2.24) is 10.4 Å². The maximum atomic E-state index is 6.20. The fourth-order valence-electron chi connectivity index (χ4n) is 3.34. The lowest BCUT2D eigenvalue weighted by molar-refractivity contribution is -0.0977. The van der Waals surface area contributed by atoms with Crippen LogP contribution in [0, 0.1) is 12.8 Å². The Bertz CT molecular complexity index is 427. The Kier molecular flexibility index (Phi) is 5.13. The topological polar surface area (TPSA) is 60.2 Å². The van der Waals surface area contributed by atoms with Gasteiger partial charge in [-0.2, -0.15) is 0 Å². The summed E-state index contributed by atoms with van der Waals surface area (Å²) < 4.78 is 6.20. The molecule has 4 nitrogen and oxygen atoms in total. The first-order valence-electron chi connectivity index (χ1n) is 7.63. The third-order valence-corrected chi connectivity index (χ3v) is 4.47. The second-order valence-corrected chi connectivity index (χ2v) is 6.08. The minimum absolute atomic E-state index is 0.00218. The molecule has 112 valence electrons. The second kappa shape index (κ2) is 6.66. The zero-order valence-corrected chi connectivity index (χ0v) is 12.9. The van der Waals surface area contributed by atoms with Crippen molar-refractivity contribution >= 4 is 0 Å². The Labute approximate surface area is 122 Å². The highest BCUT2D eigenvalue weighted by molar-refractivity contribution is 5.23. The summed E-state index contributed by atoms with van der Waals surface area (Å²) in [7, 11) is 0. The van der Waals surface area contributed by atoms with Gasteiger partial charge in [-0.15, -0.1) is 0 Å². The molecule has 0 radical (unpaired) electrons. The molecule has 0 spiro atoms. The number of nitrogens with two attached hydrogens (primary N) is 1. The number of nitrogens with one attached hydrogen (secondary N) is 1. The molecule has 0 bridgehead atoms. The van der Waals surface area contributed by atoms with Crippen molar-refractivity contribution in [1.29, 1.82) is 0 Å². The fourth-order valence-corrected chi connectivity index (χ4v) is 3.34. The van der Waals surface area contributed by atoms with Gasteiger partial charge in [0.2, 0.25) is 0 Å². The van der Waals surface area contributed by atoms with Gasteiger partial charge in [0.05, 0.1) is 11.6 Å². The predicted molar refractivity (Wildman–Crippen MR) is 81.0 cm³/mol. The second-order valence-electron chi connectivity index (χ2n) is 6.08. The van der Waals surface area contributed by atoms with Gasteiger partial charge < -0.3 is 4.74 Å². The molecule has 2 rings (SSSR count). The zero-order chi connectivity index (χ0) is 14.6. The molecular formula is C16H27N3O. The lowest BCUT2D eigenvalue weighted by Crippen LogP contribution is -2.50. The van der Waals surface area contributed by atoms with Crippen LogP contribution in [0.2, 0.25) is 0 Å². The number of hydrogen-bond donors (Lipinski definition) is 2. The number of pyridine rings is 1. The van der Waals surface area contributed by atoms with Gasteiger partial charge in [-0.25, -0.2) is 0 Å². The third kappa shape index (κ3) is 3.19. The first kappa shape index (κ1) is 15.4. The molecule has 1 unspecified atom stereocenters. The van der Waals surface area contributed by atoms with Crippen molar-refractivity contribution in [2.45, 2.75) is 58.1 Å². The average molecular weight is 277 g/mol. The van der Waals surface area contributed by atoms with E-state index in [-0.39, 0.29) is 11.6 Å². The van der Waals surface area contributed by atoms with Crippen LogP contribution >= 0.6 is 0 Å². The normalized spacial score (nSPS) is 28.3. The molecule has 1 aliphatic rings. The standard InChI is InChI=1S/C16H27N3O/c1-4-20-16(7-5-12(2)6-8-16)15(19-17)14-9-13(3)10-18-11-14/h9-12,15,19H,4-8,17H2,1-3H3. The Morgan fingerprint density at radius 3 is 2.70 bits per heavy atom. The summed E-state index contributed by atoms with van der Waals surface area (Å²) in [5.74, 6) is 6.65. The molecule has 1 aromatic heterocycles. The van der Waals surface area contributed by atoms with Crippen molar-refractivity contribution < 1.29 is 4.74 Å². The van der Waals surface area contributed by atoms with Crippen LogP contribution < -0.4 is 11.3 Å². The molecule has 1 saturated carbocycles. The van der Waals surface area contributed by atoms with Crippen LogP contribution in [-0.4, -0.2) is 17.2 Å². The molecule has 3 N–H and O–H groups in total. The number of nitrogens with zero attached hydrogens (tertiary/aromatic N) is 1. The van der Waals surface area contributed by atoms with Gasteiger partial charge in [0, 0.05) is 19.0 Å².